The van der Waals surface area contributed by atoms with Gasteiger partial charge < -0.3 is 5.11 Å². The second-order valence-corrected chi connectivity index (χ2v) is 6.99. The minimum Gasteiger partial charge on any atom is -0.481 e. The van der Waals surface area contributed by atoms with Gasteiger partial charge in [-0.1, -0.05) is 35.9 Å². The first kappa shape index (κ1) is 17.6. The Bertz CT molecular complexity index is 774. The molecule has 1 heterocycles. The van der Waals surface area contributed by atoms with E-state index < -0.39 is 5.97 Å². The van der Waals surface area contributed by atoms with Crippen LogP contribution in [-0.4, -0.2) is 29.1 Å². The summed E-state index contributed by atoms with van der Waals surface area (Å²) in [5.41, 5.74) is 4.31. The van der Waals surface area contributed by atoms with Crippen molar-refractivity contribution in [3.8, 4) is 0 Å². The monoisotopic (exact) mass is 341 g/mol. The highest BCUT2D eigenvalue weighted by Crippen LogP contribution is 2.34. The maximum absolute atomic E-state index is 13.9. The number of nitrogens with zero attached hydrogens (tertiary/aromatic N) is 1. The lowest BCUT2D eigenvalue weighted by molar-refractivity contribution is -0.143. The Balaban J connectivity index is 2.04. The van der Waals surface area contributed by atoms with Crippen LogP contribution in [0, 0.1) is 25.6 Å². The summed E-state index contributed by atoms with van der Waals surface area (Å²) < 4.78 is 13.9. The van der Waals surface area contributed by atoms with Gasteiger partial charge in [-0.3, -0.25) is 9.69 Å². The van der Waals surface area contributed by atoms with Gasteiger partial charge in [0.25, 0.3) is 0 Å². The molecule has 0 bridgehead atoms. The van der Waals surface area contributed by atoms with E-state index >= 15 is 0 Å². The van der Waals surface area contributed by atoms with Crippen molar-refractivity contribution >= 4 is 5.97 Å². The van der Waals surface area contributed by atoms with Gasteiger partial charge in [-0.05, 0) is 62.1 Å². The lowest BCUT2D eigenvalue weighted by Crippen LogP contribution is -2.41. The van der Waals surface area contributed by atoms with Gasteiger partial charge in [0.05, 0.1) is 12.0 Å². The molecule has 1 fully saturated rings. The van der Waals surface area contributed by atoms with Crippen LogP contribution in [0.5, 0.6) is 0 Å². The summed E-state index contributed by atoms with van der Waals surface area (Å²) in [5, 5.41) is 9.43. The molecule has 0 aromatic heterocycles. The van der Waals surface area contributed by atoms with E-state index in [2.05, 4.69) is 36.9 Å². The minimum atomic E-state index is -0.747. The fraction of sp³-hybridized carbons (Fsp3) is 0.381. The highest BCUT2D eigenvalue weighted by atomic mass is 19.1. The van der Waals surface area contributed by atoms with Crippen molar-refractivity contribution in [1.82, 2.24) is 4.90 Å². The average Bonchev–Trinajstić information content (AvgIpc) is 2.57. The fourth-order valence-corrected chi connectivity index (χ4v) is 3.84. The van der Waals surface area contributed by atoms with Crippen LogP contribution in [0.25, 0.3) is 0 Å². The number of piperidine rings is 1. The van der Waals surface area contributed by atoms with Crippen molar-refractivity contribution in [3.63, 3.8) is 0 Å². The predicted octanol–water partition coefficient (Wildman–Crippen LogP) is 4.33. The van der Waals surface area contributed by atoms with E-state index in [9.17, 15) is 14.3 Å². The summed E-state index contributed by atoms with van der Waals surface area (Å²) in [7, 11) is 0. The molecule has 1 aliphatic heterocycles. The third-order valence-corrected chi connectivity index (χ3v) is 5.05. The number of carboxylic acid groups (broad SMARTS) is 1. The molecule has 1 aliphatic rings. The second-order valence-electron chi connectivity index (χ2n) is 6.99. The van der Waals surface area contributed by atoms with Crippen LogP contribution in [0.3, 0.4) is 0 Å². The van der Waals surface area contributed by atoms with Crippen LogP contribution in [0.2, 0.25) is 0 Å². The fourth-order valence-electron chi connectivity index (χ4n) is 3.84. The molecule has 2 atom stereocenters. The van der Waals surface area contributed by atoms with Crippen LogP contribution in [0.1, 0.15) is 41.1 Å². The van der Waals surface area contributed by atoms with E-state index in [4.69, 9.17) is 0 Å². The first-order chi connectivity index (χ1) is 12.0. The topological polar surface area (TPSA) is 40.5 Å². The maximum atomic E-state index is 13.9. The summed E-state index contributed by atoms with van der Waals surface area (Å²) in [6, 6.07) is 12.8. The Labute approximate surface area is 148 Å². The molecule has 3 rings (SSSR count). The van der Waals surface area contributed by atoms with Crippen molar-refractivity contribution in [2.45, 2.75) is 32.7 Å². The van der Waals surface area contributed by atoms with Gasteiger partial charge in [0.2, 0.25) is 0 Å². The van der Waals surface area contributed by atoms with Crippen LogP contribution in [-0.2, 0) is 4.79 Å². The quantitative estimate of drug-likeness (QED) is 0.900. The molecule has 0 amide bonds. The number of carboxylic acids is 1. The van der Waals surface area contributed by atoms with E-state index in [-0.39, 0.29) is 17.8 Å². The molecule has 2 aromatic rings. The van der Waals surface area contributed by atoms with Gasteiger partial charge in [0.1, 0.15) is 5.82 Å². The number of aliphatic carboxylic acids is 1. The Hall–Kier alpha value is -2.20. The molecule has 0 radical (unpaired) electrons. The molecule has 0 saturated carbocycles. The SMILES string of the molecule is Cc1ccc(C(c2cccc(F)c2)N2CCCC(C(=O)O)C2)c(C)c1. The molecular weight excluding hydrogens is 317 g/mol. The predicted molar refractivity (Wildman–Crippen MR) is 96.1 cm³/mol. The highest BCUT2D eigenvalue weighted by molar-refractivity contribution is 5.70. The molecule has 0 spiro atoms. The smallest absolute Gasteiger partial charge is 0.307 e. The molecule has 0 aliphatic carbocycles. The van der Waals surface area contributed by atoms with Gasteiger partial charge >= 0.3 is 5.97 Å². The summed E-state index contributed by atoms with van der Waals surface area (Å²) in [6.45, 7) is 5.42. The largest absolute Gasteiger partial charge is 0.481 e. The molecule has 2 aromatic carbocycles. The Kier molecular flexibility index (Phi) is 5.19. The third kappa shape index (κ3) is 3.90. The molecule has 1 N–H and O–H groups in total. The third-order valence-electron chi connectivity index (χ3n) is 5.05. The number of likely N-dealkylation sites (tertiary alicyclic amines) is 1. The number of hydrogen-bond acceptors (Lipinski definition) is 2. The lowest BCUT2D eigenvalue weighted by Gasteiger charge is -2.38. The maximum Gasteiger partial charge on any atom is 0.307 e. The highest BCUT2D eigenvalue weighted by Gasteiger charge is 2.32. The van der Waals surface area contributed by atoms with Crippen LogP contribution in [0.15, 0.2) is 42.5 Å². The van der Waals surface area contributed by atoms with Gasteiger partial charge in [-0.15, -0.1) is 0 Å². The Morgan fingerprint density at radius 1 is 1.24 bits per heavy atom. The van der Waals surface area contributed by atoms with Crippen LogP contribution >= 0.6 is 0 Å². The molecule has 132 valence electrons. The summed E-state index contributed by atoms with van der Waals surface area (Å²) in [5.74, 6) is -1.38. The Morgan fingerprint density at radius 3 is 2.72 bits per heavy atom. The van der Waals surface area contributed by atoms with Gasteiger partial charge in [-0.2, -0.15) is 0 Å². The van der Waals surface area contributed by atoms with Crippen molar-refractivity contribution < 1.29 is 14.3 Å². The number of carbonyl (C=O) groups is 1. The summed E-state index contributed by atoms with van der Waals surface area (Å²) in [4.78, 5) is 13.7. The normalized spacial score (nSPS) is 19.6. The van der Waals surface area contributed by atoms with Crippen LogP contribution in [0.4, 0.5) is 4.39 Å². The molecule has 25 heavy (non-hydrogen) atoms. The molecule has 2 unspecified atom stereocenters. The second kappa shape index (κ2) is 7.36. The van der Waals surface area contributed by atoms with Crippen molar-refractivity contribution in [1.29, 1.82) is 0 Å². The van der Waals surface area contributed by atoms with Crippen LogP contribution < -0.4 is 0 Å². The molecule has 1 saturated heterocycles. The van der Waals surface area contributed by atoms with E-state index in [1.165, 1.54) is 11.6 Å². The van der Waals surface area contributed by atoms with Gasteiger partial charge in [-0.25, -0.2) is 4.39 Å². The molecule has 4 heteroatoms. The number of halogens is 1. The van der Waals surface area contributed by atoms with Crippen molar-refractivity contribution in [2.75, 3.05) is 13.1 Å². The van der Waals surface area contributed by atoms with E-state index in [0.717, 1.165) is 29.7 Å². The van der Waals surface area contributed by atoms with E-state index in [0.29, 0.717) is 13.0 Å². The number of hydrogen-bond donors (Lipinski definition) is 1. The van der Waals surface area contributed by atoms with Crippen molar-refractivity contribution in [3.05, 3.63) is 70.5 Å². The number of aryl methyl sites for hydroxylation is 2. The first-order valence-corrected chi connectivity index (χ1v) is 8.75. The zero-order valence-electron chi connectivity index (χ0n) is 14.7. The van der Waals surface area contributed by atoms with Gasteiger partial charge in [0.15, 0.2) is 0 Å². The van der Waals surface area contributed by atoms with Crippen molar-refractivity contribution in [2.24, 2.45) is 5.92 Å². The summed E-state index contributed by atoms with van der Waals surface area (Å²) >= 11 is 0. The number of benzene rings is 2. The molecular formula is C21H24FNO2. The zero-order chi connectivity index (χ0) is 18.0. The molecule has 3 nitrogen and oxygen atoms in total. The average molecular weight is 341 g/mol. The first-order valence-electron chi connectivity index (χ1n) is 8.75. The van der Waals surface area contributed by atoms with E-state index in [1.54, 1.807) is 12.1 Å². The minimum absolute atomic E-state index is 0.126. The Morgan fingerprint density at radius 2 is 2.04 bits per heavy atom. The summed E-state index contributed by atoms with van der Waals surface area (Å²) in [6.07, 6.45) is 1.54. The lowest BCUT2D eigenvalue weighted by atomic mass is 9.89. The zero-order valence-corrected chi connectivity index (χ0v) is 14.7. The van der Waals surface area contributed by atoms with Gasteiger partial charge in [0, 0.05) is 6.54 Å². The number of rotatable bonds is 4. The standard InChI is InChI=1S/C21H24FNO2/c1-14-8-9-19(15(2)11-14)20(16-5-3-7-18(22)12-16)23-10-4-6-17(13-23)21(24)25/h3,5,7-9,11-12,17,20H,4,6,10,13H2,1-2H3,(H,24,25). The van der Waals surface area contributed by atoms with E-state index in [1.807, 2.05) is 6.07 Å².